The third-order valence-corrected chi connectivity index (χ3v) is 7.09. The van der Waals surface area contributed by atoms with Crippen LogP contribution >= 0.6 is 0 Å². The van der Waals surface area contributed by atoms with Crippen molar-refractivity contribution in [3.8, 4) is 5.75 Å². The van der Waals surface area contributed by atoms with Crippen molar-refractivity contribution in [2.45, 2.75) is 70.8 Å². The molecule has 9 heteroatoms. The van der Waals surface area contributed by atoms with E-state index in [1.165, 1.54) is 38.2 Å². The Morgan fingerprint density at radius 1 is 1.05 bits per heavy atom. The summed E-state index contributed by atoms with van der Waals surface area (Å²) in [5.74, 6) is -1.19. The minimum Gasteiger partial charge on any atom is -0.492 e. The van der Waals surface area contributed by atoms with Crippen molar-refractivity contribution >= 4 is 17.7 Å². The van der Waals surface area contributed by atoms with E-state index >= 15 is 0 Å². The van der Waals surface area contributed by atoms with Crippen molar-refractivity contribution in [3.05, 3.63) is 59.7 Å². The third-order valence-electron chi connectivity index (χ3n) is 7.09. The molecule has 2 N–H and O–H groups in total. The van der Waals surface area contributed by atoms with Crippen molar-refractivity contribution in [1.82, 2.24) is 4.90 Å². The highest BCUT2D eigenvalue weighted by Crippen LogP contribution is 2.27. The zero-order chi connectivity index (χ0) is 28.0. The van der Waals surface area contributed by atoms with Crippen molar-refractivity contribution in [1.29, 1.82) is 0 Å². The van der Waals surface area contributed by atoms with E-state index in [-0.39, 0.29) is 25.3 Å². The van der Waals surface area contributed by atoms with Gasteiger partial charge in [-0.3, -0.25) is 0 Å². The number of hydrogen-bond acceptors (Lipinski definition) is 4. The molecule has 7 nitrogen and oxygen atoms in total. The molecule has 0 spiro atoms. The molecule has 3 rings (SSSR count). The van der Waals surface area contributed by atoms with Crippen molar-refractivity contribution < 1.29 is 33.0 Å². The van der Waals surface area contributed by atoms with Crippen molar-refractivity contribution in [2.24, 2.45) is 5.92 Å². The molecule has 2 amide bonds. The Bertz CT molecular complexity index is 1040. The molecule has 1 aliphatic carbocycles. The van der Waals surface area contributed by atoms with E-state index in [2.05, 4.69) is 5.32 Å². The van der Waals surface area contributed by atoms with Gasteiger partial charge in [0.15, 0.2) is 6.10 Å². The summed E-state index contributed by atoms with van der Waals surface area (Å²) in [5.41, 5.74) is 0.736. The van der Waals surface area contributed by atoms with Gasteiger partial charge in [0, 0.05) is 25.6 Å². The van der Waals surface area contributed by atoms with Crippen LogP contribution in [0.4, 0.5) is 19.3 Å². The number of nitrogens with zero attached hydrogens (tertiary/aromatic N) is 1. The number of hydrogen-bond donors (Lipinski definition) is 2. The van der Waals surface area contributed by atoms with Gasteiger partial charge in [0.05, 0.1) is 12.2 Å². The lowest BCUT2D eigenvalue weighted by atomic mass is 9.86. The second-order valence-corrected chi connectivity index (χ2v) is 10.0. The number of amides is 2. The van der Waals surface area contributed by atoms with Crippen LogP contribution in [0.15, 0.2) is 42.5 Å². The van der Waals surface area contributed by atoms with Gasteiger partial charge in [-0.05, 0) is 49.1 Å². The Balaban J connectivity index is 1.53. The number of rotatable bonds is 15. The van der Waals surface area contributed by atoms with Crippen LogP contribution in [0.1, 0.15) is 63.9 Å². The maximum atomic E-state index is 14.1. The van der Waals surface area contributed by atoms with Gasteiger partial charge in [-0.15, -0.1) is 0 Å². The first-order valence-corrected chi connectivity index (χ1v) is 13.9. The average Bonchev–Trinajstić information content (AvgIpc) is 2.92. The number of aliphatic carboxylic acids is 1. The summed E-state index contributed by atoms with van der Waals surface area (Å²) in [6, 6.07) is 9.67. The maximum Gasteiger partial charge on any atom is 0.333 e. The fourth-order valence-electron chi connectivity index (χ4n) is 4.94. The van der Waals surface area contributed by atoms with Crippen LogP contribution in [0.5, 0.6) is 5.75 Å². The number of halogens is 2. The third kappa shape index (κ3) is 10.5. The SMILES string of the molecule is CCOC(Cc1ccc(OCCN(CCCCC2CCCCC2)C(=O)Nc2ccc(F)cc2F)cc1)C(=O)O. The van der Waals surface area contributed by atoms with Crippen LogP contribution in [-0.2, 0) is 16.0 Å². The fourth-order valence-corrected chi connectivity index (χ4v) is 4.94. The number of nitrogens with one attached hydrogen (secondary N) is 1. The number of carboxylic acids is 1. The first kappa shape index (κ1) is 30.3. The predicted octanol–water partition coefficient (Wildman–Crippen LogP) is 6.66. The zero-order valence-corrected chi connectivity index (χ0v) is 22.7. The summed E-state index contributed by atoms with van der Waals surface area (Å²) in [5, 5.41) is 11.8. The predicted molar refractivity (Wildman–Crippen MR) is 146 cm³/mol. The first-order valence-electron chi connectivity index (χ1n) is 13.9. The van der Waals surface area contributed by atoms with Gasteiger partial charge in [0.2, 0.25) is 0 Å². The van der Waals surface area contributed by atoms with Crippen LogP contribution in [0, 0.1) is 17.6 Å². The number of unbranched alkanes of at least 4 members (excludes halogenated alkanes) is 1. The van der Waals surface area contributed by atoms with Gasteiger partial charge in [0.25, 0.3) is 0 Å². The smallest absolute Gasteiger partial charge is 0.333 e. The Labute approximate surface area is 229 Å². The quantitative estimate of drug-likeness (QED) is 0.244. The summed E-state index contributed by atoms with van der Waals surface area (Å²) in [4.78, 5) is 25.9. The van der Waals surface area contributed by atoms with Crippen molar-refractivity contribution in [2.75, 3.05) is 31.6 Å². The summed E-state index contributed by atoms with van der Waals surface area (Å²) < 4.78 is 38.5. The molecule has 0 saturated heterocycles. The number of carboxylic acid groups (broad SMARTS) is 1. The highest BCUT2D eigenvalue weighted by atomic mass is 19.1. The Kier molecular flexibility index (Phi) is 12.5. The molecule has 1 saturated carbocycles. The first-order chi connectivity index (χ1) is 18.9. The zero-order valence-electron chi connectivity index (χ0n) is 22.7. The normalized spacial score (nSPS) is 14.5. The monoisotopic (exact) mass is 546 g/mol. The average molecular weight is 547 g/mol. The van der Waals surface area contributed by atoms with Crippen LogP contribution in [0.3, 0.4) is 0 Å². The molecule has 1 unspecified atom stereocenters. The van der Waals surface area contributed by atoms with E-state index in [9.17, 15) is 23.5 Å². The van der Waals surface area contributed by atoms with E-state index in [1.54, 1.807) is 36.1 Å². The number of ether oxygens (including phenoxy) is 2. The molecule has 0 bridgehead atoms. The van der Waals surface area contributed by atoms with Gasteiger partial charge >= 0.3 is 12.0 Å². The molecule has 0 radical (unpaired) electrons. The molecule has 0 aliphatic heterocycles. The lowest BCUT2D eigenvalue weighted by Crippen LogP contribution is -2.38. The Morgan fingerprint density at radius 3 is 2.46 bits per heavy atom. The summed E-state index contributed by atoms with van der Waals surface area (Å²) in [7, 11) is 0. The minimum atomic E-state index is -1.00. The molecule has 2 aromatic carbocycles. The standard InChI is InChI=1S/C30H40F2N2O5/c1-2-38-28(29(35)36)20-23-11-14-25(15-12-23)39-19-18-34(17-7-6-10-22-8-4-3-5-9-22)30(37)33-27-16-13-24(31)21-26(27)32/h11-16,21-22,28H,2-10,17-20H2,1H3,(H,33,37)(H,35,36). The molecule has 1 aliphatic rings. The van der Waals surface area contributed by atoms with Gasteiger partial charge in [-0.1, -0.05) is 57.1 Å². The largest absolute Gasteiger partial charge is 0.492 e. The maximum absolute atomic E-state index is 14.1. The number of carbonyl (C=O) groups excluding carboxylic acids is 1. The van der Waals surface area contributed by atoms with Crippen LogP contribution in [-0.4, -0.2) is 54.4 Å². The number of anilines is 1. The van der Waals surface area contributed by atoms with E-state index in [1.807, 2.05) is 0 Å². The van der Waals surface area contributed by atoms with E-state index in [0.717, 1.165) is 42.9 Å². The highest BCUT2D eigenvalue weighted by Gasteiger charge is 2.19. The van der Waals surface area contributed by atoms with E-state index < -0.39 is 29.7 Å². The van der Waals surface area contributed by atoms with Gasteiger partial charge in [-0.2, -0.15) is 0 Å². The molecule has 1 fully saturated rings. The summed E-state index contributed by atoms with van der Waals surface area (Å²) >= 11 is 0. The van der Waals surface area contributed by atoms with Gasteiger partial charge in [-0.25, -0.2) is 18.4 Å². The molecule has 0 heterocycles. The topological polar surface area (TPSA) is 88.1 Å². The highest BCUT2D eigenvalue weighted by molar-refractivity contribution is 5.89. The summed E-state index contributed by atoms with van der Waals surface area (Å²) in [6.45, 7) is 3.07. The number of carbonyl (C=O) groups is 2. The Hall–Kier alpha value is -3.20. The molecule has 0 aromatic heterocycles. The molecule has 2 aromatic rings. The van der Waals surface area contributed by atoms with Crippen LogP contribution < -0.4 is 10.1 Å². The second kappa shape index (κ2) is 16.0. The lowest BCUT2D eigenvalue weighted by molar-refractivity contribution is -0.149. The number of benzene rings is 2. The second-order valence-electron chi connectivity index (χ2n) is 10.0. The fraction of sp³-hybridized carbons (Fsp3) is 0.533. The Morgan fingerprint density at radius 2 is 1.79 bits per heavy atom. The molecule has 1 atom stereocenters. The molecular formula is C30H40F2N2O5. The van der Waals surface area contributed by atoms with Crippen LogP contribution in [0.2, 0.25) is 0 Å². The van der Waals surface area contributed by atoms with Crippen molar-refractivity contribution in [3.63, 3.8) is 0 Å². The molecule has 214 valence electrons. The van der Waals surface area contributed by atoms with Crippen LogP contribution in [0.25, 0.3) is 0 Å². The van der Waals surface area contributed by atoms with Gasteiger partial charge < -0.3 is 24.8 Å². The molecular weight excluding hydrogens is 506 g/mol. The molecule has 39 heavy (non-hydrogen) atoms. The summed E-state index contributed by atoms with van der Waals surface area (Å²) in [6.07, 6.45) is 8.82. The lowest BCUT2D eigenvalue weighted by Gasteiger charge is -2.25. The van der Waals surface area contributed by atoms with E-state index in [0.29, 0.717) is 18.9 Å². The minimum absolute atomic E-state index is 0.0724. The van der Waals surface area contributed by atoms with E-state index in [4.69, 9.17) is 9.47 Å². The van der Waals surface area contributed by atoms with Gasteiger partial charge in [0.1, 0.15) is 24.0 Å². The number of urea groups is 1.